The molecule has 142 valence electrons. The molecular formula is C19H27N3O3S. The Morgan fingerprint density at radius 2 is 2.35 bits per heavy atom. The minimum absolute atomic E-state index is 0.0317. The Bertz CT molecular complexity index is 814. The summed E-state index contributed by atoms with van der Waals surface area (Å²) >= 11 is 1.65. The smallest absolute Gasteiger partial charge is 0.259 e. The summed E-state index contributed by atoms with van der Waals surface area (Å²) in [7, 11) is 0. The third kappa shape index (κ3) is 4.40. The number of aromatic nitrogens is 2. The lowest BCUT2D eigenvalue weighted by Crippen LogP contribution is -2.36. The van der Waals surface area contributed by atoms with E-state index in [2.05, 4.69) is 23.4 Å². The van der Waals surface area contributed by atoms with E-state index in [-0.39, 0.29) is 12.2 Å². The van der Waals surface area contributed by atoms with E-state index in [1.54, 1.807) is 17.4 Å². The van der Waals surface area contributed by atoms with Gasteiger partial charge in [-0.05, 0) is 37.8 Å². The maximum atomic E-state index is 12.6. The van der Waals surface area contributed by atoms with Crippen LogP contribution in [0.1, 0.15) is 36.0 Å². The third-order valence-corrected chi connectivity index (χ3v) is 5.74. The van der Waals surface area contributed by atoms with Crippen molar-refractivity contribution in [2.75, 3.05) is 26.3 Å². The molecule has 0 fully saturated rings. The Morgan fingerprint density at radius 1 is 1.50 bits per heavy atom. The second-order valence-electron chi connectivity index (χ2n) is 6.77. The minimum Gasteiger partial charge on any atom is -0.389 e. The van der Waals surface area contributed by atoms with Gasteiger partial charge in [-0.3, -0.25) is 9.69 Å². The second kappa shape index (κ2) is 8.90. The number of aromatic amines is 1. The lowest BCUT2D eigenvalue weighted by atomic mass is 10.2. The van der Waals surface area contributed by atoms with E-state index in [4.69, 9.17) is 9.72 Å². The van der Waals surface area contributed by atoms with E-state index < -0.39 is 6.10 Å². The number of ether oxygens (including phenoxy) is 1. The number of hydrogen-bond donors (Lipinski definition) is 2. The minimum atomic E-state index is -0.581. The fraction of sp³-hybridized carbons (Fsp3) is 0.579. The highest BCUT2D eigenvalue weighted by Crippen LogP contribution is 2.34. The molecule has 7 heteroatoms. The average molecular weight is 378 g/mol. The largest absolute Gasteiger partial charge is 0.389 e. The number of aliphatic hydroxyl groups excluding tert-OH is 1. The van der Waals surface area contributed by atoms with E-state index in [0.717, 1.165) is 42.4 Å². The van der Waals surface area contributed by atoms with Crippen LogP contribution in [0.15, 0.2) is 17.4 Å². The number of nitrogens with one attached hydrogen (secondary N) is 1. The fourth-order valence-corrected chi connectivity index (χ4v) is 4.80. The van der Waals surface area contributed by atoms with Crippen LogP contribution >= 0.6 is 11.3 Å². The Morgan fingerprint density at radius 3 is 3.12 bits per heavy atom. The van der Waals surface area contributed by atoms with Gasteiger partial charge in [-0.2, -0.15) is 0 Å². The first-order valence-electron chi connectivity index (χ1n) is 9.24. The molecule has 0 saturated heterocycles. The van der Waals surface area contributed by atoms with E-state index >= 15 is 0 Å². The van der Waals surface area contributed by atoms with Gasteiger partial charge in [-0.1, -0.05) is 13.0 Å². The molecular weight excluding hydrogens is 350 g/mol. The first-order valence-corrected chi connectivity index (χ1v) is 10.1. The van der Waals surface area contributed by atoms with Crippen molar-refractivity contribution in [3.8, 4) is 0 Å². The van der Waals surface area contributed by atoms with E-state index in [0.29, 0.717) is 25.5 Å². The molecule has 2 aromatic rings. The van der Waals surface area contributed by atoms with Crippen molar-refractivity contribution in [1.29, 1.82) is 0 Å². The van der Waals surface area contributed by atoms with Crippen LogP contribution in [0.2, 0.25) is 0 Å². The van der Waals surface area contributed by atoms with Crippen LogP contribution < -0.4 is 5.56 Å². The van der Waals surface area contributed by atoms with Gasteiger partial charge in [0.15, 0.2) is 0 Å². The molecule has 0 radical (unpaired) electrons. The van der Waals surface area contributed by atoms with Crippen LogP contribution in [0.3, 0.4) is 0 Å². The molecule has 1 atom stereocenters. The summed E-state index contributed by atoms with van der Waals surface area (Å²) in [6.07, 6.45) is 5.22. The van der Waals surface area contributed by atoms with Gasteiger partial charge in [0.25, 0.3) is 5.56 Å². The van der Waals surface area contributed by atoms with E-state index in [9.17, 15) is 9.90 Å². The second-order valence-corrected chi connectivity index (χ2v) is 7.85. The summed E-state index contributed by atoms with van der Waals surface area (Å²) in [6.45, 7) is 8.21. The number of thiophene rings is 1. The third-order valence-electron chi connectivity index (χ3n) is 4.55. The maximum Gasteiger partial charge on any atom is 0.259 e. The van der Waals surface area contributed by atoms with Gasteiger partial charge < -0.3 is 14.8 Å². The Labute approximate surface area is 157 Å². The molecule has 0 spiro atoms. The zero-order valence-electron chi connectivity index (χ0n) is 15.3. The molecule has 0 aromatic carbocycles. The van der Waals surface area contributed by atoms with E-state index in [1.807, 2.05) is 0 Å². The first-order chi connectivity index (χ1) is 12.6. The first kappa shape index (κ1) is 19.2. The highest BCUT2D eigenvalue weighted by Gasteiger charge is 2.21. The Balaban J connectivity index is 1.72. The van der Waals surface area contributed by atoms with Crippen molar-refractivity contribution in [2.24, 2.45) is 0 Å². The number of rotatable bonds is 10. The topological polar surface area (TPSA) is 78.5 Å². The molecule has 2 N–H and O–H groups in total. The summed E-state index contributed by atoms with van der Waals surface area (Å²) in [5, 5.41) is 10.9. The molecule has 0 amide bonds. The van der Waals surface area contributed by atoms with Gasteiger partial charge in [-0.15, -0.1) is 17.9 Å². The number of nitrogens with zero attached hydrogens (tertiary/aromatic N) is 2. The quantitative estimate of drug-likeness (QED) is 0.490. The van der Waals surface area contributed by atoms with E-state index in [1.165, 1.54) is 10.4 Å². The van der Waals surface area contributed by atoms with Crippen LogP contribution in [0, 0.1) is 0 Å². The predicted octanol–water partition coefficient (Wildman–Crippen LogP) is 2.25. The van der Waals surface area contributed by atoms with Gasteiger partial charge in [0.05, 0.1) is 31.2 Å². The van der Waals surface area contributed by atoms with Crippen LogP contribution in [0.25, 0.3) is 10.2 Å². The molecule has 6 nitrogen and oxygen atoms in total. The maximum absolute atomic E-state index is 12.6. The summed E-state index contributed by atoms with van der Waals surface area (Å²) in [6, 6.07) is 0. The predicted molar refractivity (Wildman–Crippen MR) is 105 cm³/mol. The molecule has 26 heavy (non-hydrogen) atoms. The van der Waals surface area contributed by atoms with Gasteiger partial charge >= 0.3 is 0 Å². The molecule has 0 unspecified atom stereocenters. The highest BCUT2D eigenvalue weighted by atomic mass is 32.1. The number of aryl methyl sites for hydroxylation is 2. The molecule has 1 aliphatic carbocycles. The fourth-order valence-electron chi connectivity index (χ4n) is 3.52. The zero-order valence-corrected chi connectivity index (χ0v) is 16.1. The summed E-state index contributed by atoms with van der Waals surface area (Å²) < 4.78 is 5.32. The Kier molecular flexibility index (Phi) is 6.58. The normalized spacial score (nSPS) is 14.9. The van der Waals surface area contributed by atoms with Crippen molar-refractivity contribution < 1.29 is 9.84 Å². The molecule has 2 aromatic heterocycles. The summed E-state index contributed by atoms with van der Waals surface area (Å²) in [4.78, 5) is 24.5. The highest BCUT2D eigenvalue weighted by molar-refractivity contribution is 7.18. The Hall–Kier alpha value is -1.54. The van der Waals surface area contributed by atoms with Crippen molar-refractivity contribution in [1.82, 2.24) is 14.9 Å². The van der Waals surface area contributed by atoms with Crippen LogP contribution in [-0.2, 0) is 24.1 Å². The summed E-state index contributed by atoms with van der Waals surface area (Å²) in [5.74, 6) is 0.662. The molecule has 1 aliphatic rings. The number of hydrogen-bond acceptors (Lipinski definition) is 6. The van der Waals surface area contributed by atoms with Crippen molar-refractivity contribution in [2.45, 2.75) is 45.3 Å². The van der Waals surface area contributed by atoms with Crippen LogP contribution in [0.5, 0.6) is 0 Å². The monoisotopic (exact) mass is 377 g/mol. The molecule has 0 saturated carbocycles. The van der Waals surface area contributed by atoms with Crippen LogP contribution in [0.4, 0.5) is 0 Å². The molecule has 0 aliphatic heterocycles. The van der Waals surface area contributed by atoms with Crippen molar-refractivity contribution in [3.05, 3.63) is 39.3 Å². The SMILES string of the molecule is C=CCOC[C@H](O)CN(CCC)Cc1nc2sc3c(c2c(=O)[nH]1)CCC3. The van der Waals surface area contributed by atoms with Crippen molar-refractivity contribution in [3.63, 3.8) is 0 Å². The molecule has 0 bridgehead atoms. The van der Waals surface area contributed by atoms with Crippen LogP contribution in [-0.4, -0.2) is 52.4 Å². The number of H-pyrrole nitrogens is 1. The van der Waals surface area contributed by atoms with Gasteiger partial charge in [0.1, 0.15) is 10.7 Å². The van der Waals surface area contributed by atoms with Gasteiger partial charge in [0, 0.05) is 11.4 Å². The van der Waals surface area contributed by atoms with Gasteiger partial charge in [0.2, 0.25) is 0 Å². The van der Waals surface area contributed by atoms with Crippen molar-refractivity contribution >= 4 is 21.6 Å². The lowest BCUT2D eigenvalue weighted by molar-refractivity contribution is 0.0241. The number of aliphatic hydroxyl groups is 1. The summed E-state index contributed by atoms with van der Waals surface area (Å²) in [5.41, 5.74) is 1.17. The standard InChI is InChI=1S/C19H27N3O3S/c1-3-8-22(10-13(23)12-25-9-4-2)11-16-20-18(24)17-14-6-5-7-15(14)26-19(17)21-16/h4,13,23H,2-3,5-12H2,1H3,(H,20,21,24)/t13-/m1/s1. The number of fused-ring (bicyclic) bond motifs is 3. The van der Waals surface area contributed by atoms with Gasteiger partial charge in [-0.25, -0.2) is 4.98 Å². The molecule has 2 heterocycles. The molecule has 3 rings (SSSR count). The average Bonchev–Trinajstić information content (AvgIpc) is 3.15. The lowest BCUT2D eigenvalue weighted by Gasteiger charge is -2.24. The zero-order chi connectivity index (χ0) is 18.5.